The van der Waals surface area contributed by atoms with Crippen molar-refractivity contribution in [2.45, 2.75) is 29.2 Å². The number of benzene rings is 2. The highest BCUT2D eigenvalue weighted by atomic mass is 35.5. The summed E-state index contributed by atoms with van der Waals surface area (Å²) >= 11 is 8.96. The fraction of sp³-hybridized carbons (Fsp3) is 0.318. The summed E-state index contributed by atoms with van der Waals surface area (Å²) in [7, 11) is -2.54. The third-order valence-corrected chi connectivity index (χ3v) is 9.33. The van der Waals surface area contributed by atoms with Gasteiger partial charge < -0.3 is 9.47 Å². The van der Waals surface area contributed by atoms with Crippen LogP contribution in [0.5, 0.6) is 11.5 Å². The molecule has 0 spiro atoms. The van der Waals surface area contributed by atoms with Crippen molar-refractivity contribution in [2.24, 2.45) is 5.92 Å². The maximum absolute atomic E-state index is 13.5. The van der Waals surface area contributed by atoms with Crippen LogP contribution >= 0.6 is 34.7 Å². The zero-order valence-corrected chi connectivity index (χ0v) is 22.3. The van der Waals surface area contributed by atoms with Crippen molar-refractivity contribution in [1.82, 2.24) is 10.2 Å². The first-order valence-corrected chi connectivity index (χ1v) is 14.2. The van der Waals surface area contributed by atoms with E-state index in [2.05, 4.69) is 29.4 Å². The lowest BCUT2D eigenvalue weighted by Crippen LogP contribution is -2.48. The molecule has 0 saturated heterocycles. The van der Waals surface area contributed by atoms with E-state index in [-0.39, 0.29) is 22.9 Å². The first-order chi connectivity index (χ1) is 16.7. The van der Waals surface area contributed by atoms with E-state index in [1.165, 1.54) is 36.6 Å². The number of nitrogens with one attached hydrogen (secondary N) is 1. The number of amides is 1. The SMILES string of the molecule is COc1ccc(S(=O)(=O)N2C[C@H](C(=O)Nc3nnc(SCC(C)C)s3)Oc3ccc(Cl)cc32)cc1. The number of aromatic nitrogens is 2. The molecule has 1 aliphatic rings. The second-order valence-electron chi connectivity index (χ2n) is 8.00. The third kappa shape index (κ3) is 5.83. The van der Waals surface area contributed by atoms with Gasteiger partial charge in [-0.05, 0) is 48.4 Å². The summed E-state index contributed by atoms with van der Waals surface area (Å²) in [5.41, 5.74) is 0.251. The summed E-state index contributed by atoms with van der Waals surface area (Å²) in [6.07, 6.45) is -1.12. The molecule has 2 heterocycles. The molecule has 1 amide bonds. The van der Waals surface area contributed by atoms with E-state index in [4.69, 9.17) is 21.1 Å². The number of nitrogens with zero attached hydrogens (tertiary/aromatic N) is 3. The highest BCUT2D eigenvalue weighted by molar-refractivity contribution is 8.01. The molecule has 2 aromatic carbocycles. The van der Waals surface area contributed by atoms with Crippen LogP contribution in [0.15, 0.2) is 51.7 Å². The van der Waals surface area contributed by atoms with E-state index in [1.54, 1.807) is 36.0 Å². The summed E-state index contributed by atoms with van der Waals surface area (Å²) in [6, 6.07) is 10.6. The van der Waals surface area contributed by atoms with Crippen molar-refractivity contribution in [1.29, 1.82) is 0 Å². The normalized spacial score (nSPS) is 15.5. The Hall–Kier alpha value is -2.54. The molecule has 13 heteroatoms. The fourth-order valence-electron chi connectivity index (χ4n) is 3.21. The number of fused-ring (bicyclic) bond motifs is 1. The smallest absolute Gasteiger partial charge is 0.269 e. The Morgan fingerprint density at radius 2 is 2.03 bits per heavy atom. The molecule has 1 atom stereocenters. The first-order valence-electron chi connectivity index (χ1n) is 10.6. The Morgan fingerprint density at radius 1 is 1.29 bits per heavy atom. The lowest BCUT2D eigenvalue weighted by molar-refractivity contribution is -0.122. The number of rotatable bonds is 8. The number of hydrogen-bond acceptors (Lipinski definition) is 9. The van der Waals surface area contributed by atoms with Crippen molar-refractivity contribution in [3.63, 3.8) is 0 Å². The lowest BCUT2D eigenvalue weighted by Gasteiger charge is -2.34. The summed E-state index contributed by atoms with van der Waals surface area (Å²) in [6.45, 7) is 3.96. The van der Waals surface area contributed by atoms with Gasteiger partial charge in [0.2, 0.25) is 5.13 Å². The molecule has 0 bridgehead atoms. The van der Waals surface area contributed by atoms with Crippen LogP contribution in [0.25, 0.3) is 0 Å². The van der Waals surface area contributed by atoms with Gasteiger partial charge in [-0.2, -0.15) is 0 Å². The van der Waals surface area contributed by atoms with E-state index >= 15 is 0 Å². The third-order valence-electron chi connectivity index (χ3n) is 4.91. The predicted octanol–water partition coefficient (Wildman–Crippen LogP) is 4.54. The molecule has 0 radical (unpaired) electrons. The van der Waals surface area contributed by atoms with Crippen molar-refractivity contribution >= 4 is 61.4 Å². The van der Waals surface area contributed by atoms with Crippen LogP contribution in [0.1, 0.15) is 13.8 Å². The van der Waals surface area contributed by atoms with Gasteiger partial charge in [0.25, 0.3) is 15.9 Å². The van der Waals surface area contributed by atoms with Crippen LogP contribution < -0.4 is 19.1 Å². The highest BCUT2D eigenvalue weighted by Gasteiger charge is 2.38. The molecule has 1 N–H and O–H groups in total. The Balaban J connectivity index is 1.59. The van der Waals surface area contributed by atoms with Gasteiger partial charge in [0.05, 0.1) is 24.2 Å². The molecule has 1 aromatic heterocycles. The van der Waals surface area contributed by atoms with E-state index in [9.17, 15) is 13.2 Å². The zero-order chi connectivity index (χ0) is 25.2. The summed E-state index contributed by atoms with van der Waals surface area (Å²) in [4.78, 5) is 13.1. The number of thioether (sulfide) groups is 1. The average molecular weight is 555 g/mol. The van der Waals surface area contributed by atoms with Gasteiger partial charge in [0.15, 0.2) is 10.4 Å². The van der Waals surface area contributed by atoms with E-state index < -0.39 is 22.0 Å². The Labute approximate surface area is 216 Å². The Bertz CT molecular complexity index is 1310. The van der Waals surface area contributed by atoms with Gasteiger partial charge in [-0.1, -0.05) is 48.5 Å². The molecule has 0 saturated carbocycles. The number of hydrogen-bond donors (Lipinski definition) is 1. The number of carbonyl (C=O) groups excluding carboxylic acids is 1. The van der Waals surface area contributed by atoms with E-state index in [0.29, 0.717) is 21.8 Å². The first kappa shape index (κ1) is 25.5. The number of carbonyl (C=O) groups is 1. The van der Waals surface area contributed by atoms with Crippen LogP contribution in [-0.2, 0) is 14.8 Å². The maximum Gasteiger partial charge on any atom is 0.269 e. The van der Waals surface area contributed by atoms with Gasteiger partial charge in [-0.15, -0.1) is 10.2 Å². The lowest BCUT2D eigenvalue weighted by atomic mass is 10.2. The number of halogens is 1. The predicted molar refractivity (Wildman–Crippen MR) is 137 cm³/mol. The molecule has 1 aliphatic heterocycles. The van der Waals surface area contributed by atoms with E-state index in [1.807, 2.05) is 0 Å². The molecule has 4 rings (SSSR count). The van der Waals surface area contributed by atoms with Gasteiger partial charge in [-0.25, -0.2) is 8.42 Å². The second-order valence-corrected chi connectivity index (χ2v) is 12.5. The quantitative estimate of drug-likeness (QED) is 0.319. The van der Waals surface area contributed by atoms with Crippen LogP contribution in [0, 0.1) is 5.92 Å². The second kappa shape index (κ2) is 10.6. The molecule has 9 nitrogen and oxygen atoms in total. The van der Waals surface area contributed by atoms with E-state index in [0.717, 1.165) is 14.4 Å². The largest absolute Gasteiger partial charge is 0.497 e. The Kier molecular flexibility index (Phi) is 7.74. The monoisotopic (exact) mass is 554 g/mol. The van der Waals surface area contributed by atoms with Gasteiger partial charge in [0, 0.05) is 10.8 Å². The Morgan fingerprint density at radius 3 is 2.71 bits per heavy atom. The van der Waals surface area contributed by atoms with Crippen molar-refractivity contribution in [2.75, 3.05) is 29.0 Å². The number of methoxy groups -OCH3 is 1. The minimum Gasteiger partial charge on any atom is -0.497 e. The topological polar surface area (TPSA) is 111 Å². The summed E-state index contributed by atoms with van der Waals surface area (Å²) in [5, 5.41) is 11.4. The number of ether oxygens (including phenoxy) is 2. The molecular weight excluding hydrogens is 532 g/mol. The van der Waals surface area contributed by atoms with Gasteiger partial charge in [-0.3, -0.25) is 14.4 Å². The van der Waals surface area contributed by atoms with Gasteiger partial charge in [0.1, 0.15) is 11.5 Å². The molecular formula is C22H23ClN4O5S3. The standard InChI is InChI=1S/C22H23ClN4O5S3/c1-13(2)12-33-22-26-25-21(34-22)24-20(28)19-11-27(17-10-14(23)4-9-18(17)32-19)35(29,30)16-7-5-15(31-3)6-8-16/h4-10,13,19H,11-12H2,1-3H3,(H,24,25,28)/t19-/m1/s1. The zero-order valence-electron chi connectivity index (χ0n) is 19.1. The molecule has 3 aromatic rings. The van der Waals surface area contributed by atoms with Crippen LogP contribution in [0.2, 0.25) is 5.02 Å². The van der Waals surface area contributed by atoms with Gasteiger partial charge >= 0.3 is 0 Å². The van der Waals surface area contributed by atoms with Crippen molar-refractivity contribution in [3.8, 4) is 11.5 Å². The molecule has 0 unspecified atom stereocenters. The average Bonchev–Trinajstić information content (AvgIpc) is 3.29. The minimum atomic E-state index is -4.04. The number of sulfonamides is 1. The molecule has 0 aliphatic carbocycles. The van der Waals surface area contributed by atoms with Crippen molar-refractivity contribution in [3.05, 3.63) is 47.5 Å². The molecule has 35 heavy (non-hydrogen) atoms. The maximum atomic E-state index is 13.5. The fourth-order valence-corrected chi connectivity index (χ4v) is 6.57. The summed E-state index contributed by atoms with van der Waals surface area (Å²) in [5.74, 6) is 1.59. The number of anilines is 2. The van der Waals surface area contributed by atoms with Crippen LogP contribution in [0.4, 0.5) is 10.8 Å². The molecule has 0 fully saturated rings. The van der Waals surface area contributed by atoms with Crippen LogP contribution in [0.3, 0.4) is 0 Å². The summed E-state index contributed by atoms with van der Waals surface area (Å²) < 4.78 is 40.0. The van der Waals surface area contributed by atoms with Crippen LogP contribution in [-0.4, -0.2) is 50.0 Å². The van der Waals surface area contributed by atoms with Crippen molar-refractivity contribution < 1.29 is 22.7 Å². The molecule has 186 valence electrons. The minimum absolute atomic E-state index is 0.0428. The highest BCUT2D eigenvalue weighted by Crippen LogP contribution is 2.39.